The molecule has 0 unspecified atom stereocenters. The van der Waals surface area contributed by atoms with Crippen LogP contribution in [0.4, 0.5) is 5.69 Å². The van der Waals surface area contributed by atoms with E-state index in [2.05, 4.69) is 15.5 Å². The molecule has 0 fully saturated rings. The smallest absolute Gasteiger partial charge is 0.367 e. The molecular weight excluding hydrogens is 434 g/mol. The summed E-state index contributed by atoms with van der Waals surface area (Å²) >= 11 is 0. The van der Waals surface area contributed by atoms with Crippen molar-refractivity contribution in [1.82, 2.24) is 19.4 Å². The first-order valence-corrected chi connectivity index (χ1v) is 11.2. The molecule has 10 nitrogen and oxygen atoms in total. The van der Waals surface area contributed by atoms with Crippen LogP contribution in [-0.2, 0) is 21.2 Å². The van der Waals surface area contributed by atoms with Crippen LogP contribution >= 0.6 is 0 Å². The van der Waals surface area contributed by atoms with Gasteiger partial charge in [0.15, 0.2) is 10.7 Å². The van der Waals surface area contributed by atoms with E-state index in [1.807, 2.05) is 6.92 Å². The van der Waals surface area contributed by atoms with Crippen LogP contribution in [0.5, 0.6) is 5.75 Å². The van der Waals surface area contributed by atoms with Gasteiger partial charge in [-0.1, -0.05) is 18.2 Å². The number of rotatable bonds is 7. The highest BCUT2D eigenvalue weighted by atomic mass is 32.2. The van der Waals surface area contributed by atoms with Crippen LogP contribution in [0, 0.1) is 0 Å². The highest BCUT2D eigenvalue weighted by Crippen LogP contribution is 2.18. The van der Waals surface area contributed by atoms with E-state index >= 15 is 0 Å². The fraction of sp³-hybridized carbons (Fsp3) is 0.143. The third-order valence-corrected chi connectivity index (χ3v) is 6.15. The second-order valence-corrected chi connectivity index (χ2v) is 8.60. The zero-order valence-electron chi connectivity index (χ0n) is 17.0. The molecule has 164 valence electrons. The number of hydrogen-bond acceptors (Lipinski definition) is 7. The monoisotopic (exact) mass is 453 g/mol. The molecule has 0 saturated heterocycles. The molecule has 32 heavy (non-hydrogen) atoms. The zero-order chi connectivity index (χ0) is 22.7. The first-order valence-electron chi connectivity index (χ1n) is 9.68. The number of ether oxygens (including phenoxy) is 1. The van der Waals surface area contributed by atoms with E-state index < -0.39 is 21.4 Å². The lowest BCUT2D eigenvalue weighted by Gasteiger charge is -2.06. The molecule has 0 atom stereocenters. The molecule has 0 spiro atoms. The maximum absolute atomic E-state index is 12.8. The number of anilines is 1. The topological polar surface area (TPSA) is 125 Å². The summed E-state index contributed by atoms with van der Waals surface area (Å²) in [6.45, 7) is 2.04. The molecule has 11 heteroatoms. The molecule has 0 radical (unpaired) electrons. The molecule has 1 N–H and O–H groups in total. The van der Waals surface area contributed by atoms with Crippen molar-refractivity contribution in [3.05, 3.63) is 77.2 Å². The van der Waals surface area contributed by atoms with Gasteiger partial charge in [-0.3, -0.25) is 4.79 Å². The molecule has 1 amide bonds. The first-order chi connectivity index (χ1) is 15.4. The minimum atomic E-state index is -3.91. The van der Waals surface area contributed by atoms with E-state index in [0.717, 1.165) is 9.20 Å². The van der Waals surface area contributed by atoms with Gasteiger partial charge in [-0.25, -0.2) is 17.9 Å². The number of hydrogen-bond donors (Lipinski definition) is 1. The Morgan fingerprint density at radius 3 is 2.41 bits per heavy atom. The summed E-state index contributed by atoms with van der Waals surface area (Å²) in [5.74, 6) is 0.200. The van der Waals surface area contributed by atoms with Crippen molar-refractivity contribution in [3.63, 3.8) is 0 Å². The van der Waals surface area contributed by atoms with E-state index in [0.29, 0.717) is 18.0 Å². The van der Waals surface area contributed by atoms with Gasteiger partial charge >= 0.3 is 5.69 Å². The zero-order valence-corrected chi connectivity index (χ0v) is 17.8. The van der Waals surface area contributed by atoms with Crippen molar-refractivity contribution < 1.29 is 17.9 Å². The quantitative estimate of drug-likeness (QED) is 0.452. The van der Waals surface area contributed by atoms with Gasteiger partial charge in [0.05, 0.1) is 11.5 Å². The van der Waals surface area contributed by atoms with E-state index in [1.165, 1.54) is 24.3 Å². The summed E-state index contributed by atoms with van der Waals surface area (Å²) in [5, 5.41) is 10.4. The van der Waals surface area contributed by atoms with Gasteiger partial charge in [-0.05, 0) is 55.5 Å². The number of carbonyl (C=O) groups is 1. The normalized spacial score (nSPS) is 11.4. The lowest BCUT2D eigenvalue weighted by Crippen LogP contribution is -2.29. The molecule has 4 rings (SSSR count). The number of sulfone groups is 1. The SMILES string of the molecule is CCOc1ccc(NC(=O)Cn2nc3ccc(S(=O)(=O)c4ccccc4)nn3c2=O)cc1. The molecule has 0 bridgehead atoms. The summed E-state index contributed by atoms with van der Waals surface area (Å²) < 4.78 is 32.7. The summed E-state index contributed by atoms with van der Waals surface area (Å²) in [6, 6.07) is 17.2. The highest BCUT2D eigenvalue weighted by Gasteiger charge is 2.21. The fourth-order valence-corrected chi connectivity index (χ4v) is 4.19. The highest BCUT2D eigenvalue weighted by molar-refractivity contribution is 7.91. The number of amides is 1. The molecular formula is C21H19N5O5S. The van der Waals surface area contributed by atoms with Crippen molar-refractivity contribution in [2.24, 2.45) is 0 Å². The molecule has 0 aliphatic carbocycles. The minimum absolute atomic E-state index is 0.0574. The Hall–Kier alpha value is -3.99. The maximum Gasteiger partial charge on any atom is 0.367 e. The van der Waals surface area contributed by atoms with Crippen LogP contribution in [0.15, 0.2) is 81.4 Å². The third kappa shape index (κ3) is 4.23. The van der Waals surface area contributed by atoms with Gasteiger partial charge in [0.2, 0.25) is 15.7 Å². The summed E-state index contributed by atoms with van der Waals surface area (Å²) in [7, 11) is -3.91. The second kappa shape index (κ2) is 8.63. The Morgan fingerprint density at radius 1 is 1.00 bits per heavy atom. The van der Waals surface area contributed by atoms with Crippen LogP contribution in [0.3, 0.4) is 0 Å². The van der Waals surface area contributed by atoms with Gasteiger partial charge < -0.3 is 10.1 Å². The average Bonchev–Trinajstić information content (AvgIpc) is 3.10. The Morgan fingerprint density at radius 2 is 1.72 bits per heavy atom. The molecule has 0 aliphatic rings. The average molecular weight is 453 g/mol. The van der Waals surface area contributed by atoms with Crippen molar-refractivity contribution in [2.45, 2.75) is 23.4 Å². The van der Waals surface area contributed by atoms with Gasteiger partial charge in [0, 0.05) is 5.69 Å². The fourth-order valence-electron chi connectivity index (χ4n) is 3.00. The number of nitrogens with zero attached hydrogens (tertiary/aromatic N) is 4. The molecule has 0 saturated carbocycles. The Kier molecular flexibility index (Phi) is 5.73. The number of aromatic nitrogens is 4. The Labute approximate surface area is 183 Å². The molecule has 2 heterocycles. The number of carbonyl (C=O) groups excluding carboxylic acids is 1. The lowest BCUT2D eigenvalue weighted by atomic mass is 10.3. The van der Waals surface area contributed by atoms with Crippen molar-refractivity contribution in [3.8, 4) is 5.75 Å². The van der Waals surface area contributed by atoms with Crippen molar-refractivity contribution in [1.29, 1.82) is 0 Å². The van der Waals surface area contributed by atoms with Gasteiger partial charge in [0.25, 0.3) is 0 Å². The third-order valence-electron chi connectivity index (χ3n) is 4.49. The van der Waals surface area contributed by atoms with Gasteiger partial charge in [-0.2, -0.15) is 4.52 Å². The summed E-state index contributed by atoms with van der Waals surface area (Å²) in [5.41, 5.74) is -0.0764. The van der Waals surface area contributed by atoms with Crippen molar-refractivity contribution in [2.75, 3.05) is 11.9 Å². The predicted octanol–water partition coefficient (Wildman–Crippen LogP) is 1.76. The van der Waals surface area contributed by atoms with Gasteiger partial charge in [0.1, 0.15) is 12.3 Å². The predicted molar refractivity (Wildman–Crippen MR) is 115 cm³/mol. The van der Waals surface area contributed by atoms with Gasteiger partial charge in [-0.15, -0.1) is 10.2 Å². The van der Waals surface area contributed by atoms with Crippen LogP contribution in [0.1, 0.15) is 6.92 Å². The molecule has 4 aromatic rings. The molecule has 0 aliphatic heterocycles. The van der Waals surface area contributed by atoms with Crippen molar-refractivity contribution >= 4 is 27.1 Å². The van der Waals surface area contributed by atoms with Crippen LogP contribution in [0.25, 0.3) is 5.65 Å². The molecule has 2 aromatic heterocycles. The van der Waals surface area contributed by atoms with Crippen LogP contribution in [-0.4, -0.2) is 40.3 Å². The number of nitrogens with one attached hydrogen (secondary N) is 1. The maximum atomic E-state index is 12.8. The van der Waals surface area contributed by atoms with E-state index in [-0.39, 0.29) is 22.1 Å². The summed E-state index contributed by atoms with van der Waals surface area (Å²) in [4.78, 5) is 25.1. The largest absolute Gasteiger partial charge is 0.494 e. The van der Waals surface area contributed by atoms with Crippen LogP contribution in [0.2, 0.25) is 0 Å². The number of benzene rings is 2. The van der Waals surface area contributed by atoms with E-state index in [1.54, 1.807) is 42.5 Å². The van der Waals surface area contributed by atoms with E-state index in [9.17, 15) is 18.0 Å². The number of fused-ring (bicyclic) bond motifs is 1. The standard InChI is InChI=1S/C21H19N5O5S/c1-2-31-16-10-8-15(9-11-16)22-19(27)14-25-21(28)26-18(23-25)12-13-20(24-26)32(29,30)17-6-4-3-5-7-17/h3-13H,2,14H2,1H3,(H,22,27). The molecule has 2 aromatic carbocycles. The minimum Gasteiger partial charge on any atom is -0.494 e. The Bertz CT molecular complexity index is 1430. The second-order valence-electron chi connectivity index (χ2n) is 6.70. The Balaban J connectivity index is 1.56. The first kappa shape index (κ1) is 21.2. The van der Waals surface area contributed by atoms with E-state index in [4.69, 9.17) is 4.74 Å². The lowest BCUT2D eigenvalue weighted by molar-refractivity contribution is -0.117. The summed E-state index contributed by atoms with van der Waals surface area (Å²) in [6.07, 6.45) is 0. The van der Waals surface area contributed by atoms with Crippen LogP contribution < -0.4 is 15.7 Å².